The fourth-order valence-corrected chi connectivity index (χ4v) is 7.32. The minimum absolute atomic E-state index is 0. The number of phenolic OH excluding ortho intramolecular Hbond substituents is 1. The quantitative estimate of drug-likeness (QED) is 0.155. The Morgan fingerprint density at radius 1 is 0.614 bits per heavy atom. The molecule has 2 aromatic heterocycles. The van der Waals surface area contributed by atoms with Crippen LogP contribution in [0.5, 0.6) is 5.75 Å². The van der Waals surface area contributed by atoms with Crippen LogP contribution in [0.1, 0.15) is 36.4 Å². The number of imidazole rings is 1. The van der Waals surface area contributed by atoms with Crippen molar-refractivity contribution in [2.75, 3.05) is 0 Å². The van der Waals surface area contributed by atoms with Gasteiger partial charge in [-0.2, -0.15) is 0 Å². The molecule has 0 amide bonds. The van der Waals surface area contributed by atoms with Crippen LogP contribution in [-0.4, -0.2) is 19.6 Å². The minimum Gasteiger partial charge on any atom is -0.507 e. The number of aryl methyl sites for hydroxylation is 1. The zero-order valence-electron chi connectivity index (χ0n) is 35.3. The Balaban J connectivity index is 0.00000514. The van der Waals surface area contributed by atoms with Gasteiger partial charge < -0.3 is 5.11 Å². The molecule has 2 heterocycles. The Kier molecular flexibility index (Phi) is 9.23. The predicted octanol–water partition coefficient (Wildman–Crippen LogP) is 13.4. The number of nitrogens with zero attached hydrogens (tertiary/aromatic N) is 3. The zero-order valence-corrected chi connectivity index (χ0v) is 33.6. The maximum atomic E-state index is 11.3. The molecule has 0 aliphatic heterocycles. The monoisotopic (exact) mass is 921 g/mol. The normalized spacial score (nSPS) is 12.6. The van der Waals surface area contributed by atoms with Crippen molar-refractivity contribution in [3.05, 3.63) is 193 Å². The summed E-state index contributed by atoms with van der Waals surface area (Å²) in [5, 5.41) is 11.3. The van der Waals surface area contributed by atoms with Crippen LogP contribution in [0.25, 0.3) is 83.9 Å². The number of benzene rings is 7. The van der Waals surface area contributed by atoms with Gasteiger partial charge in [0, 0.05) is 44.1 Å². The molecule has 4 nitrogen and oxygen atoms in total. The van der Waals surface area contributed by atoms with Gasteiger partial charge in [0.25, 0.3) is 0 Å². The smallest absolute Gasteiger partial charge is 0.148 e. The molecule has 0 radical (unpaired) electrons. The van der Waals surface area contributed by atoms with Crippen LogP contribution in [0.2, 0.25) is 0 Å². The van der Waals surface area contributed by atoms with E-state index in [0.717, 1.165) is 72.4 Å². The zero-order chi connectivity index (χ0) is 41.6. The third kappa shape index (κ3) is 7.49. The summed E-state index contributed by atoms with van der Waals surface area (Å²) in [5.41, 5.74) is 13.0. The van der Waals surface area contributed by atoms with Gasteiger partial charge in [0.1, 0.15) is 11.6 Å². The number of para-hydroxylation sites is 2. The van der Waals surface area contributed by atoms with Crippen molar-refractivity contribution in [3.63, 3.8) is 0 Å². The molecule has 0 saturated carbocycles. The van der Waals surface area contributed by atoms with Crippen molar-refractivity contribution in [3.8, 4) is 78.6 Å². The number of rotatable bonds is 8. The summed E-state index contributed by atoms with van der Waals surface area (Å²) < 4.78 is 34.6. The third-order valence-corrected chi connectivity index (χ3v) is 10.2. The van der Waals surface area contributed by atoms with Gasteiger partial charge in [0.15, 0.2) is 0 Å². The molecule has 1 N–H and O–H groups in total. The second-order valence-corrected chi connectivity index (χ2v) is 14.2. The van der Waals surface area contributed by atoms with Crippen LogP contribution >= 0.6 is 0 Å². The summed E-state index contributed by atoms with van der Waals surface area (Å²) in [4.78, 5) is 10.2. The molecule has 0 spiro atoms. The molecule has 9 rings (SSSR count). The molecule has 0 fully saturated rings. The number of hydrogen-bond donors (Lipinski definition) is 1. The first-order chi connectivity index (χ1) is 28.9. The van der Waals surface area contributed by atoms with Crippen molar-refractivity contribution < 1.29 is 31.7 Å². The van der Waals surface area contributed by atoms with Crippen molar-refractivity contribution in [2.24, 2.45) is 0 Å². The van der Waals surface area contributed by atoms with Crippen LogP contribution in [0, 0.1) is 12.9 Å². The average molecular weight is 922 g/mol. The molecule has 9 aromatic rings. The first-order valence-electron chi connectivity index (χ1n) is 20.6. The second kappa shape index (κ2) is 16.0. The first kappa shape index (κ1) is 32.8. The van der Waals surface area contributed by atoms with Gasteiger partial charge in [-0.3, -0.25) is 9.55 Å². The molecule has 0 aliphatic rings. The fourth-order valence-electron chi connectivity index (χ4n) is 7.32. The molecule has 280 valence electrons. The summed E-state index contributed by atoms with van der Waals surface area (Å²) in [6, 6.07) is 58.8. The van der Waals surface area contributed by atoms with E-state index in [-0.39, 0.29) is 26.8 Å². The number of phenols is 1. The number of hydrogen-bond acceptors (Lipinski definition) is 3. The molecule has 0 aliphatic carbocycles. The maximum Gasteiger partial charge on any atom is 0.148 e. The summed E-state index contributed by atoms with van der Waals surface area (Å²) >= 11 is 0. The van der Waals surface area contributed by atoms with Crippen molar-refractivity contribution in [1.29, 1.82) is 0 Å². The van der Waals surface area contributed by atoms with E-state index in [9.17, 15) is 5.11 Å². The molecule has 5 heteroatoms. The van der Waals surface area contributed by atoms with E-state index in [1.54, 1.807) is 30.5 Å². The van der Waals surface area contributed by atoms with Crippen LogP contribution in [0.4, 0.5) is 0 Å². The van der Waals surface area contributed by atoms with E-state index < -0.39 is 12.7 Å². The Bertz CT molecular complexity index is 3010. The van der Waals surface area contributed by atoms with Crippen LogP contribution in [0.3, 0.4) is 0 Å². The Morgan fingerprint density at radius 3 is 1.96 bits per heavy atom. The maximum absolute atomic E-state index is 11.3. The van der Waals surface area contributed by atoms with Gasteiger partial charge in [-0.1, -0.05) is 157 Å². The number of aromatic hydroxyl groups is 1. The second-order valence-electron chi connectivity index (χ2n) is 14.2. The molecule has 0 atom stereocenters. The summed E-state index contributed by atoms with van der Waals surface area (Å²) in [7, 11) is 0. The molecule has 0 unspecified atom stereocenters. The Morgan fingerprint density at radius 2 is 1.26 bits per heavy atom. The van der Waals surface area contributed by atoms with Gasteiger partial charge in [-0.05, 0) is 82.5 Å². The molecule has 0 saturated heterocycles. The first-order valence-corrected chi connectivity index (χ1v) is 18.6. The Labute approximate surface area is 354 Å². The largest absolute Gasteiger partial charge is 0.507 e. The summed E-state index contributed by atoms with van der Waals surface area (Å²) in [6.07, 6.45) is 1.77. The fraction of sp³-hybridized carbons (Fsp3) is 0.0769. The topological polar surface area (TPSA) is 50.9 Å². The van der Waals surface area contributed by atoms with Crippen LogP contribution in [-0.2, 0) is 21.1 Å². The molecular formula is C52H40N3OPt-. The van der Waals surface area contributed by atoms with Crippen molar-refractivity contribution in [1.82, 2.24) is 14.5 Å². The summed E-state index contributed by atoms with van der Waals surface area (Å²) in [5.74, 6) is -0.228. The number of pyridine rings is 1. The van der Waals surface area contributed by atoms with Gasteiger partial charge >= 0.3 is 0 Å². The molecular weight excluding hydrogens is 878 g/mol. The summed E-state index contributed by atoms with van der Waals surface area (Å²) in [6.45, 7) is 1.60. The standard InChI is InChI=1S/C52H40N3O.Pt/c1-34(2)40-27-42(37-15-8-5-9-16-37)32-45(31-40)55-49-19-12-18-46(51(49)54-52(55)47-17-10-11-20-50(47)56)43-28-41(36-13-6-4-7-14-36)29-44(30-43)48-33-39(25-26-53-48)38-23-21-35(3)22-24-38;/h4-29,31-34,56H,1-3H3;/q-1;/i3D3,34D;. The van der Waals surface area contributed by atoms with Crippen LogP contribution in [0.15, 0.2) is 176 Å². The molecule has 0 bridgehead atoms. The average Bonchev–Trinajstić information content (AvgIpc) is 3.66. The SMILES string of the molecule is [2H]C([2H])([2H])c1ccc(-c2ccnc(-c3[c-]c(-c4cccc5c4nc(-c4ccccc4O)n5-c4cc(-c5ccccc5)cc(C([2H])(C)C)c4)cc(-c4ccccc4)c3)c2)cc1.[Pt]. The van der Waals surface area contributed by atoms with Gasteiger partial charge in [-0.25, -0.2) is 4.98 Å². The van der Waals surface area contributed by atoms with E-state index >= 15 is 0 Å². The number of fused-ring (bicyclic) bond motifs is 1. The van der Waals surface area contributed by atoms with E-state index in [0.29, 0.717) is 22.6 Å². The molecule has 57 heavy (non-hydrogen) atoms. The van der Waals surface area contributed by atoms with Gasteiger partial charge in [0.05, 0.1) is 16.6 Å². The van der Waals surface area contributed by atoms with E-state index in [1.165, 1.54) is 0 Å². The van der Waals surface area contributed by atoms with Gasteiger partial charge in [-0.15, -0.1) is 23.8 Å². The number of aromatic nitrogens is 3. The van der Waals surface area contributed by atoms with Crippen molar-refractivity contribution in [2.45, 2.75) is 26.6 Å². The van der Waals surface area contributed by atoms with Gasteiger partial charge in [0.2, 0.25) is 0 Å². The third-order valence-electron chi connectivity index (χ3n) is 10.2. The Hall–Kier alpha value is -6.35. The van der Waals surface area contributed by atoms with E-state index in [1.807, 2.05) is 111 Å². The molecule has 7 aromatic carbocycles. The van der Waals surface area contributed by atoms with Crippen molar-refractivity contribution >= 4 is 11.0 Å². The minimum atomic E-state index is -2.18. The predicted molar refractivity (Wildman–Crippen MR) is 231 cm³/mol. The van der Waals surface area contributed by atoms with E-state index in [4.69, 9.17) is 15.5 Å². The van der Waals surface area contributed by atoms with E-state index in [2.05, 4.69) is 59.2 Å². The van der Waals surface area contributed by atoms with Crippen LogP contribution < -0.4 is 0 Å².